The smallest absolute Gasteiger partial charge is 0.251 e. The zero-order valence-electron chi connectivity index (χ0n) is 13.3. The van der Waals surface area contributed by atoms with Crippen molar-refractivity contribution in [3.8, 4) is 0 Å². The molecule has 1 rings (SSSR count). The van der Waals surface area contributed by atoms with Crippen LogP contribution in [-0.2, 0) is 4.74 Å². The first-order valence-electron chi connectivity index (χ1n) is 7.43. The van der Waals surface area contributed by atoms with Crippen LogP contribution in [-0.4, -0.2) is 30.6 Å². The minimum Gasteiger partial charge on any atom is -0.380 e. The number of aromatic nitrogens is 1. The number of hydrogen-bond donors (Lipinski definition) is 1. The van der Waals surface area contributed by atoms with Gasteiger partial charge in [0.25, 0.3) is 5.91 Å². The molecule has 0 atom stereocenters. The number of nitrogens with zero attached hydrogens (tertiary/aromatic N) is 1. The van der Waals surface area contributed by atoms with Crippen LogP contribution in [0.5, 0.6) is 0 Å². The van der Waals surface area contributed by atoms with Crippen molar-refractivity contribution >= 4 is 17.5 Å². The molecule has 0 aliphatic carbocycles. The van der Waals surface area contributed by atoms with Crippen LogP contribution in [0.25, 0.3) is 0 Å². The van der Waals surface area contributed by atoms with E-state index >= 15 is 0 Å². The molecular formula is C16H25ClN2O2. The Morgan fingerprint density at radius 1 is 1.29 bits per heavy atom. The second-order valence-corrected chi connectivity index (χ2v) is 6.20. The summed E-state index contributed by atoms with van der Waals surface area (Å²) in [4.78, 5) is 16.3. The quantitative estimate of drug-likeness (QED) is 0.589. The molecule has 0 fully saturated rings. The van der Waals surface area contributed by atoms with E-state index in [-0.39, 0.29) is 11.8 Å². The number of carbonyl (C=O) groups excluding carboxylic acids is 1. The van der Waals surface area contributed by atoms with E-state index in [9.17, 15) is 4.79 Å². The standard InChI is InChI=1S/C16H25ClN2O2/c1-11(2)5-7-21-8-6-18-16(20)13-9-14(12(3)4)19-15(17)10-13/h9-12H,5-8H2,1-4H3,(H,18,20). The number of pyridine rings is 1. The Kier molecular flexibility index (Phi) is 7.68. The maximum Gasteiger partial charge on any atom is 0.251 e. The van der Waals surface area contributed by atoms with Crippen LogP contribution >= 0.6 is 11.6 Å². The van der Waals surface area contributed by atoms with Gasteiger partial charge >= 0.3 is 0 Å². The fourth-order valence-electron chi connectivity index (χ4n) is 1.70. The third-order valence-corrected chi connectivity index (χ3v) is 3.23. The molecule has 0 aromatic carbocycles. The van der Waals surface area contributed by atoms with E-state index in [0.717, 1.165) is 18.7 Å². The van der Waals surface area contributed by atoms with Crippen LogP contribution in [0.1, 0.15) is 56.1 Å². The first-order chi connectivity index (χ1) is 9.90. The molecule has 1 N–H and O–H groups in total. The van der Waals surface area contributed by atoms with Gasteiger partial charge in [-0.3, -0.25) is 4.79 Å². The second-order valence-electron chi connectivity index (χ2n) is 5.81. The molecule has 118 valence electrons. The van der Waals surface area contributed by atoms with E-state index < -0.39 is 0 Å². The predicted octanol–water partition coefficient (Wildman–Crippen LogP) is 3.65. The number of nitrogens with one attached hydrogen (secondary N) is 1. The molecule has 0 spiro atoms. The van der Waals surface area contributed by atoms with Crippen LogP contribution in [0, 0.1) is 5.92 Å². The molecule has 0 saturated heterocycles. The number of amides is 1. The monoisotopic (exact) mass is 312 g/mol. The predicted molar refractivity (Wildman–Crippen MR) is 85.9 cm³/mol. The van der Waals surface area contributed by atoms with Crippen LogP contribution < -0.4 is 5.32 Å². The Bertz CT molecular complexity index is 462. The summed E-state index contributed by atoms with van der Waals surface area (Å²) >= 11 is 5.95. The van der Waals surface area contributed by atoms with Gasteiger partial charge in [0.05, 0.1) is 6.61 Å². The fourth-order valence-corrected chi connectivity index (χ4v) is 1.92. The lowest BCUT2D eigenvalue weighted by Crippen LogP contribution is -2.27. The molecule has 0 aliphatic heterocycles. The van der Waals surface area contributed by atoms with Gasteiger partial charge in [-0.25, -0.2) is 4.98 Å². The van der Waals surface area contributed by atoms with Crippen molar-refractivity contribution in [3.63, 3.8) is 0 Å². The van der Waals surface area contributed by atoms with Gasteiger partial charge in [-0.05, 0) is 30.4 Å². The molecule has 21 heavy (non-hydrogen) atoms. The highest BCUT2D eigenvalue weighted by Gasteiger charge is 2.10. The van der Waals surface area contributed by atoms with Crippen molar-refractivity contribution in [2.75, 3.05) is 19.8 Å². The summed E-state index contributed by atoms with van der Waals surface area (Å²) in [7, 11) is 0. The Morgan fingerprint density at radius 2 is 2.00 bits per heavy atom. The minimum atomic E-state index is -0.145. The Labute approximate surface area is 132 Å². The molecule has 5 heteroatoms. The third-order valence-electron chi connectivity index (χ3n) is 3.04. The van der Waals surface area contributed by atoms with Gasteiger partial charge in [0.1, 0.15) is 5.15 Å². The summed E-state index contributed by atoms with van der Waals surface area (Å²) in [5.41, 5.74) is 1.36. The molecule has 1 aromatic rings. The van der Waals surface area contributed by atoms with Crippen molar-refractivity contribution in [1.82, 2.24) is 10.3 Å². The van der Waals surface area contributed by atoms with E-state index in [4.69, 9.17) is 16.3 Å². The van der Waals surface area contributed by atoms with Gasteiger partial charge in [-0.1, -0.05) is 39.3 Å². The molecule has 4 nitrogen and oxygen atoms in total. The zero-order valence-corrected chi connectivity index (χ0v) is 14.0. The maximum atomic E-state index is 12.1. The molecule has 1 amide bonds. The number of rotatable bonds is 8. The third kappa shape index (κ3) is 6.91. The molecule has 0 bridgehead atoms. The van der Waals surface area contributed by atoms with E-state index in [1.54, 1.807) is 12.1 Å². The average molecular weight is 313 g/mol. The van der Waals surface area contributed by atoms with Crippen LogP contribution in [0.15, 0.2) is 12.1 Å². The topological polar surface area (TPSA) is 51.2 Å². The van der Waals surface area contributed by atoms with Crippen molar-refractivity contribution in [1.29, 1.82) is 0 Å². The number of halogens is 1. The largest absolute Gasteiger partial charge is 0.380 e. The summed E-state index contributed by atoms with van der Waals surface area (Å²) in [6, 6.07) is 3.37. The van der Waals surface area contributed by atoms with E-state index in [1.807, 2.05) is 13.8 Å². The summed E-state index contributed by atoms with van der Waals surface area (Å²) in [6.45, 7) is 10.1. The summed E-state index contributed by atoms with van der Waals surface area (Å²) in [5, 5.41) is 3.18. The fraction of sp³-hybridized carbons (Fsp3) is 0.625. The molecule has 0 aliphatic rings. The SMILES string of the molecule is CC(C)CCOCCNC(=O)c1cc(Cl)nc(C(C)C)c1. The lowest BCUT2D eigenvalue weighted by Gasteiger charge is -2.10. The Morgan fingerprint density at radius 3 is 2.62 bits per heavy atom. The molecule has 1 heterocycles. The van der Waals surface area contributed by atoms with Gasteiger partial charge in [0.15, 0.2) is 0 Å². The highest BCUT2D eigenvalue weighted by molar-refractivity contribution is 6.29. The van der Waals surface area contributed by atoms with Crippen molar-refractivity contribution < 1.29 is 9.53 Å². The van der Waals surface area contributed by atoms with Crippen LogP contribution in [0.4, 0.5) is 0 Å². The van der Waals surface area contributed by atoms with Gasteiger partial charge in [0, 0.05) is 24.4 Å². The van der Waals surface area contributed by atoms with Gasteiger partial charge < -0.3 is 10.1 Å². The number of carbonyl (C=O) groups is 1. The van der Waals surface area contributed by atoms with E-state index in [1.165, 1.54) is 0 Å². The number of ether oxygens (including phenoxy) is 1. The van der Waals surface area contributed by atoms with Crippen LogP contribution in [0.3, 0.4) is 0 Å². The summed E-state index contributed by atoms with van der Waals surface area (Å²) in [5.74, 6) is 0.719. The maximum absolute atomic E-state index is 12.1. The van der Waals surface area contributed by atoms with Crippen LogP contribution in [0.2, 0.25) is 5.15 Å². The van der Waals surface area contributed by atoms with E-state index in [0.29, 0.717) is 29.8 Å². The highest BCUT2D eigenvalue weighted by Crippen LogP contribution is 2.17. The summed E-state index contributed by atoms with van der Waals surface area (Å²) < 4.78 is 5.46. The van der Waals surface area contributed by atoms with Gasteiger partial charge in [-0.2, -0.15) is 0 Å². The Balaban J connectivity index is 2.42. The first-order valence-corrected chi connectivity index (χ1v) is 7.81. The van der Waals surface area contributed by atoms with Crippen molar-refractivity contribution in [2.45, 2.75) is 40.0 Å². The van der Waals surface area contributed by atoms with Crippen molar-refractivity contribution in [2.24, 2.45) is 5.92 Å². The highest BCUT2D eigenvalue weighted by atomic mass is 35.5. The molecular weight excluding hydrogens is 288 g/mol. The molecule has 0 unspecified atom stereocenters. The first kappa shape index (κ1) is 17.9. The van der Waals surface area contributed by atoms with Gasteiger partial charge in [-0.15, -0.1) is 0 Å². The molecule has 0 radical (unpaired) electrons. The second kappa shape index (κ2) is 9.00. The minimum absolute atomic E-state index is 0.145. The lowest BCUT2D eigenvalue weighted by atomic mass is 10.1. The van der Waals surface area contributed by atoms with E-state index in [2.05, 4.69) is 24.1 Å². The average Bonchev–Trinajstić information content (AvgIpc) is 2.41. The van der Waals surface area contributed by atoms with Crippen molar-refractivity contribution in [3.05, 3.63) is 28.5 Å². The summed E-state index contributed by atoms with van der Waals surface area (Å²) in [6.07, 6.45) is 1.03. The zero-order chi connectivity index (χ0) is 15.8. The normalized spacial score (nSPS) is 11.2. The number of hydrogen-bond acceptors (Lipinski definition) is 3. The lowest BCUT2D eigenvalue weighted by molar-refractivity contribution is 0.0905. The molecule has 0 saturated carbocycles. The Hall–Kier alpha value is -1.13. The van der Waals surface area contributed by atoms with Gasteiger partial charge in [0.2, 0.25) is 0 Å². The molecule has 1 aromatic heterocycles.